The van der Waals surface area contributed by atoms with E-state index in [9.17, 15) is 4.79 Å². The predicted molar refractivity (Wildman–Crippen MR) is 50.4 cm³/mol. The Labute approximate surface area is 84.5 Å². The largest absolute Gasteiger partial charge is 0.461 e. The van der Waals surface area contributed by atoms with Gasteiger partial charge in [-0.1, -0.05) is 0 Å². The lowest BCUT2D eigenvalue weighted by Crippen LogP contribution is -2.09. The molecule has 0 saturated carbocycles. The van der Waals surface area contributed by atoms with Crippen LogP contribution in [0, 0.1) is 6.92 Å². The predicted octanol–water partition coefficient (Wildman–Crippen LogP) is 1.72. The number of nitrogens with zero attached hydrogens (tertiary/aromatic N) is 2. The number of esters is 1. The summed E-state index contributed by atoms with van der Waals surface area (Å²) in [6.07, 6.45) is 1.34. The Balaban J connectivity index is 3.01. The minimum atomic E-state index is -0.431. The van der Waals surface area contributed by atoms with Gasteiger partial charge in [0.15, 0.2) is 5.69 Å². The van der Waals surface area contributed by atoms with Crippen molar-refractivity contribution >= 4 is 21.9 Å². The monoisotopic (exact) mass is 244 g/mol. The maximum atomic E-state index is 11.3. The van der Waals surface area contributed by atoms with E-state index in [1.54, 1.807) is 13.8 Å². The normalized spacial score (nSPS) is 9.77. The fraction of sp³-hybridized carbons (Fsp3) is 0.375. The number of rotatable bonds is 2. The van der Waals surface area contributed by atoms with Crippen LogP contribution in [-0.4, -0.2) is 22.5 Å². The van der Waals surface area contributed by atoms with Gasteiger partial charge < -0.3 is 4.74 Å². The Hall–Kier alpha value is -0.970. The van der Waals surface area contributed by atoms with Crippen LogP contribution < -0.4 is 0 Å². The van der Waals surface area contributed by atoms with Crippen molar-refractivity contribution in [2.24, 2.45) is 0 Å². The van der Waals surface area contributed by atoms with E-state index in [0.29, 0.717) is 11.1 Å². The molecule has 1 aromatic rings. The molecule has 0 fully saturated rings. The van der Waals surface area contributed by atoms with Crippen molar-refractivity contribution in [2.75, 3.05) is 6.61 Å². The molecule has 13 heavy (non-hydrogen) atoms. The summed E-state index contributed by atoms with van der Waals surface area (Å²) in [6, 6.07) is 0. The smallest absolute Gasteiger partial charge is 0.358 e. The zero-order chi connectivity index (χ0) is 9.84. The molecular formula is C8H9BrN2O2. The second-order valence-corrected chi connectivity index (χ2v) is 3.14. The topological polar surface area (TPSA) is 52.1 Å². The van der Waals surface area contributed by atoms with Crippen LogP contribution in [0.25, 0.3) is 0 Å². The highest BCUT2D eigenvalue weighted by atomic mass is 79.9. The molecule has 0 unspecified atom stereocenters. The quantitative estimate of drug-likeness (QED) is 0.744. The van der Waals surface area contributed by atoms with E-state index in [1.165, 1.54) is 6.33 Å². The van der Waals surface area contributed by atoms with E-state index < -0.39 is 5.97 Å². The highest BCUT2D eigenvalue weighted by molar-refractivity contribution is 9.10. The molecule has 70 valence electrons. The maximum Gasteiger partial charge on any atom is 0.358 e. The molecule has 0 aliphatic carbocycles. The number of carbonyl (C=O) groups excluding carboxylic acids is 1. The van der Waals surface area contributed by atoms with Crippen molar-refractivity contribution in [1.29, 1.82) is 0 Å². The third-order valence-electron chi connectivity index (χ3n) is 1.43. The second-order valence-electron chi connectivity index (χ2n) is 2.34. The number of ether oxygens (including phenoxy) is 1. The fourth-order valence-corrected chi connectivity index (χ4v) is 1.17. The first-order valence-corrected chi connectivity index (χ1v) is 4.60. The summed E-state index contributed by atoms with van der Waals surface area (Å²) in [5.74, 6) is -0.431. The Morgan fingerprint density at radius 1 is 1.62 bits per heavy atom. The molecule has 0 N–H and O–H groups in total. The Morgan fingerprint density at radius 3 is 2.92 bits per heavy atom. The van der Waals surface area contributed by atoms with Gasteiger partial charge in [0.25, 0.3) is 0 Å². The average molecular weight is 245 g/mol. The molecule has 0 aromatic carbocycles. The van der Waals surface area contributed by atoms with Gasteiger partial charge >= 0.3 is 5.97 Å². The molecule has 4 nitrogen and oxygen atoms in total. The van der Waals surface area contributed by atoms with Gasteiger partial charge in [-0.25, -0.2) is 14.8 Å². The number of hydrogen-bond acceptors (Lipinski definition) is 4. The van der Waals surface area contributed by atoms with E-state index in [1.807, 2.05) is 0 Å². The molecule has 0 bridgehead atoms. The first-order valence-electron chi connectivity index (χ1n) is 3.81. The van der Waals surface area contributed by atoms with Crippen molar-refractivity contribution in [3.05, 3.63) is 22.2 Å². The number of aryl methyl sites for hydroxylation is 1. The minimum Gasteiger partial charge on any atom is -0.461 e. The van der Waals surface area contributed by atoms with Crippen molar-refractivity contribution in [1.82, 2.24) is 9.97 Å². The third kappa shape index (κ3) is 2.24. The highest BCUT2D eigenvalue weighted by Gasteiger charge is 2.14. The number of carbonyl (C=O) groups is 1. The van der Waals surface area contributed by atoms with Gasteiger partial charge in [0.05, 0.1) is 16.8 Å². The van der Waals surface area contributed by atoms with Crippen molar-refractivity contribution < 1.29 is 9.53 Å². The summed E-state index contributed by atoms with van der Waals surface area (Å²) in [7, 11) is 0. The van der Waals surface area contributed by atoms with Gasteiger partial charge in [-0.15, -0.1) is 0 Å². The molecule has 0 saturated heterocycles. The van der Waals surface area contributed by atoms with Crippen molar-refractivity contribution in [3.8, 4) is 0 Å². The molecule has 0 aliphatic heterocycles. The summed E-state index contributed by atoms with van der Waals surface area (Å²) in [6.45, 7) is 3.88. The summed E-state index contributed by atoms with van der Waals surface area (Å²) in [5.41, 5.74) is 0.993. The van der Waals surface area contributed by atoms with Crippen LogP contribution in [0.3, 0.4) is 0 Å². The van der Waals surface area contributed by atoms with Crippen LogP contribution in [-0.2, 0) is 4.74 Å². The lowest BCUT2D eigenvalue weighted by Gasteiger charge is -2.03. The Kier molecular flexibility index (Phi) is 3.36. The summed E-state index contributed by atoms with van der Waals surface area (Å²) in [4.78, 5) is 19.0. The average Bonchev–Trinajstić information content (AvgIpc) is 2.10. The summed E-state index contributed by atoms with van der Waals surface area (Å²) >= 11 is 3.22. The summed E-state index contributed by atoms with van der Waals surface area (Å²) < 4.78 is 5.40. The van der Waals surface area contributed by atoms with Crippen LogP contribution in [0.15, 0.2) is 10.8 Å². The number of halogens is 1. The first-order chi connectivity index (χ1) is 6.16. The molecule has 0 atom stereocenters. The van der Waals surface area contributed by atoms with Gasteiger partial charge in [0.1, 0.15) is 6.33 Å². The van der Waals surface area contributed by atoms with E-state index in [4.69, 9.17) is 4.74 Å². The molecular weight excluding hydrogens is 236 g/mol. The lowest BCUT2D eigenvalue weighted by atomic mass is 10.3. The molecule has 0 radical (unpaired) electrons. The lowest BCUT2D eigenvalue weighted by molar-refractivity contribution is 0.0518. The van der Waals surface area contributed by atoms with Crippen LogP contribution in [0.1, 0.15) is 23.1 Å². The van der Waals surface area contributed by atoms with Gasteiger partial charge in [0, 0.05) is 0 Å². The van der Waals surface area contributed by atoms with Crippen LogP contribution in [0.2, 0.25) is 0 Å². The van der Waals surface area contributed by atoms with Gasteiger partial charge in [0.2, 0.25) is 0 Å². The third-order valence-corrected chi connectivity index (χ3v) is 2.38. The molecule has 1 rings (SSSR count). The molecule has 0 amide bonds. The van der Waals surface area contributed by atoms with Crippen LogP contribution in [0.4, 0.5) is 0 Å². The van der Waals surface area contributed by atoms with Gasteiger partial charge in [-0.3, -0.25) is 0 Å². The molecule has 5 heteroatoms. The van der Waals surface area contributed by atoms with E-state index in [-0.39, 0.29) is 5.69 Å². The molecule has 1 heterocycles. The van der Waals surface area contributed by atoms with Crippen LogP contribution in [0.5, 0.6) is 0 Å². The Morgan fingerprint density at radius 2 is 2.31 bits per heavy atom. The maximum absolute atomic E-state index is 11.3. The van der Waals surface area contributed by atoms with Crippen LogP contribution >= 0.6 is 15.9 Å². The van der Waals surface area contributed by atoms with Crippen molar-refractivity contribution in [3.63, 3.8) is 0 Å². The van der Waals surface area contributed by atoms with Crippen molar-refractivity contribution in [2.45, 2.75) is 13.8 Å². The number of aromatic nitrogens is 2. The molecule has 0 aliphatic rings. The highest BCUT2D eigenvalue weighted by Crippen LogP contribution is 2.17. The SMILES string of the molecule is CCOC(=O)c1ncnc(C)c1Br. The molecule has 0 spiro atoms. The van der Waals surface area contributed by atoms with Gasteiger partial charge in [-0.05, 0) is 29.8 Å². The first kappa shape index (κ1) is 10.1. The zero-order valence-electron chi connectivity index (χ0n) is 7.37. The summed E-state index contributed by atoms with van der Waals surface area (Å²) in [5, 5.41) is 0. The minimum absolute atomic E-state index is 0.273. The standard InChI is InChI=1S/C8H9BrN2O2/c1-3-13-8(12)7-6(9)5(2)10-4-11-7/h4H,3H2,1-2H3. The molecule has 1 aromatic heterocycles. The number of hydrogen-bond donors (Lipinski definition) is 0. The zero-order valence-corrected chi connectivity index (χ0v) is 8.96. The Bertz CT molecular complexity index is 328. The van der Waals surface area contributed by atoms with E-state index in [0.717, 1.165) is 5.69 Å². The van der Waals surface area contributed by atoms with Gasteiger partial charge in [-0.2, -0.15) is 0 Å². The van der Waals surface area contributed by atoms with E-state index >= 15 is 0 Å². The van der Waals surface area contributed by atoms with E-state index in [2.05, 4.69) is 25.9 Å². The fourth-order valence-electron chi connectivity index (χ4n) is 0.800. The second kappa shape index (κ2) is 4.32.